The Hall–Kier alpha value is -3.98. The van der Waals surface area contributed by atoms with E-state index in [2.05, 4.69) is 15.3 Å². The summed E-state index contributed by atoms with van der Waals surface area (Å²) in [4.78, 5) is 32.6. The Morgan fingerprint density at radius 3 is 2.50 bits per heavy atom. The van der Waals surface area contributed by atoms with E-state index < -0.39 is 21.4 Å². The number of anilines is 1. The molecule has 9 heteroatoms. The molecule has 0 aliphatic heterocycles. The maximum atomic E-state index is 13.4. The highest BCUT2D eigenvalue weighted by molar-refractivity contribution is 7.92. The van der Waals surface area contributed by atoms with Crippen molar-refractivity contribution in [1.82, 2.24) is 15.3 Å². The summed E-state index contributed by atoms with van der Waals surface area (Å²) >= 11 is 0. The number of para-hydroxylation sites is 1. The number of carbonyl (C=O) groups is 1. The molecule has 0 spiro atoms. The van der Waals surface area contributed by atoms with Gasteiger partial charge >= 0.3 is 0 Å². The summed E-state index contributed by atoms with van der Waals surface area (Å²) in [6.07, 6.45) is 4.58. The third-order valence-corrected chi connectivity index (χ3v) is 7.44. The Labute approximate surface area is 197 Å². The van der Waals surface area contributed by atoms with E-state index in [0.717, 1.165) is 16.7 Å². The maximum absolute atomic E-state index is 13.4. The number of hydrogen-bond donors (Lipinski definition) is 2. The molecule has 2 N–H and O–H groups in total. The predicted octanol–water partition coefficient (Wildman–Crippen LogP) is 3.30. The smallest absolute Gasteiger partial charge is 0.264 e. The van der Waals surface area contributed by atoms with Crippen molar-refractivity contribution in [2.45, 2.75) is 25.3 Å². The molecule has 0 aliphatic rings. The van der Waals surface area contributed by atoms with Crippen LogP contribution in [0.1, 0.15) is 27.0 Å². The largest absolute Gasteiger partial charge is 0.360 e. The third kappa shape index (κ3) is 4.29. The summed E-state index contributed by atoms with van der Waals surface area (Å²) in [6.45, 7) is 3.89. The predicted molar refractivity (Wildman–Crippen MR) is 131 cm³/mol. The van der Waals surface area contributed by atoms with E-state index >= 15 is 0 Å². The second kappa shape index (κ2) is 9.11. The van der Waals surface area contributed by atoms with Gasteiger partial charge in [-0.25, -0.2) is 8.42 Å². The molecule has 34 heavy (non-hydrogen) atoms. The minimum atomic E-state index is -3.95. The van der Waals surface area contributed by atoms with Crippen LogP contribution in [0, 0.1) is 13.8 Å². The summed E-state index contributed by atoms with van der Waals surface area (Å²) in [5.41, 5.74) is 2.78. The molecule has 0 fully saturated rings. The average Bonchev–Trinajstić information content (AvgIpc) is 2.83. The second-order valence-electron chi connectivity index (χ2n) is 8.00. The van der Waals surface area contributed by atoms with Gasteiger partial charge in [-0.05, 0) is 54.8 Å². The second-order valence-corrected chi connectivity index (χ2v) is 9.97. The standard InChI is InChI=1S/C25H24N4O4S/c1-16-6-4-7-17(2)23(16)29(3)34(32,33)19-9-10-22-20(12-19)24(30)21(15-27-22)25(31)28-14-18-8-5-11-26-13-18/h4-13,15H,14H2,1-3H3,(H,27,30)(H,28,31). The molecular formula is C25H24N4O4S. The molecule has 2 aromatic carbocycles. The SMILES string of the molecule is Cc1cccc(C)c1N(C)S(=O)(=O)c1ccc2[nH]cc(C(=O)NCc3cccnc3)c(=O)c2c1. The van der Waals surface area contributed by atoms with Crippen LogP contribution in [0.5, 0.6) is 0 Å². The van der Waals surface area contributed by atoms with Gasteiger partial charge in [0.1, 0.15) is 5.56 Å². The van der Waals surface area contributed by atoms with Crippen molar-refractivity contribution < 1.29 is 13.2 Å². The topological polar surface area (TPSA) is 112 Å². The number of benzene rings is 2. The molecule has 0 atom stereocenters. The maximum Gasteiger partial charge on any atom is 0.264 e. The van der Waals surface area contributed by atoms with Crippen molar-refractivity contribution in [3.05, 3.63) is 99.6 Å². The fourth-order valence-electron chi connectivity index (χ4n) is 3.89. The molecule has 0 aliphatic carbocycles. The van der Waals surface area contributed by atoms with E-state index in [1.807, 2.05) is 38.1 Å². The van der Waals surface area contributed by atoms with Crippen LogP contribution in [0.15, 0.2) is 76.8 Å². The number of amides is 1. The number of sulfonamides is 1. The van der Waals surface area contributed by atoms with Gasteiger partial charge in [0.15, 0.2) is 0 Å². The summed E-state index contributed by atoms with van der Waals surface area (Å²) in [5, 5.41) is 2.81. The van der Waals surface area contributed by atoms with E-state index in [0.29, 0.717) is 11.2 Å². The number of aromatic nitrogens is 2. The molecule has 0 saturated heterocycles. The lowest BCUT2D eigenvalue weighted by Crippen LogP contribution is -2.29. The molecule has 2 aromatic heterocycles. The highest BCUT2D eigenvalue weighted by Crippen LogP contribution is 2.29. The van der Waals surface area contributed by atoms with Crippen LogP contribution in [0.4, 0.5) is 5.69 Å². The lowest BCUT2D eigenvalue weighted by atomic mass is 10.1. The molecule has 0 bridgehead atoms. The number of fused-ring (bicyclic) bond motifs is 1. The van der Waals surface area contributed by atoms with E-state index in [-0.39, 0.29) is 22.4 Å². The number of nitrogens with zero attached hydrogens (tertiary/aromatic N) is 2. The third-order valence-electron chi connectivity index (χ3n) is 5.69. The molecule has 0 unspecified atom stereocenters. The van der Waals surface area contributed by atoms with Gasteiger partial charge in [0, 0.05) is 43.1 Å². The van der Waals surface area contributed by atoms with Crippen molar-refractivity contribution in [3.63, 3.8) is 0 Å². The molecule has 2 heterocycles. The summed E-state index contributed by atoms with van der Waals surface area (Å²) in [5.74, 6) is -0.562. The minimum absolute atomic E-state index is 0.0384. The lowest BCUT2D eigenvalue weighted by Gasteiger charge is -2.23. The van der Waals surface area contributed by atoms with Gasteiger partial charge in [0.2, 0.25) is 5.43 Å². The van der Waals surface area contributed by atoms with Gasteiger partial charge in [-0.3, -0.25) is 18.9 Å². The van der Waals surface area contributed by atoms with E-state index in [1.54, 1.807) is 18.5 Å². The molecule has 8 nitrogen and oxygen atoms in total. The van der Waals surface area contributed by atoms with Crippen molar-refractivity contribution >= 4 is 32.5 Å². The first-order valence-corrected chi connectivity index (χ1v) is 12.0. The summed E-state index contributed by atoms with van der Waals surface area (Å²) in [6, 6.07) is 13.4. The van der Waals surface area contributed by atoms with Gasteiger partial charge in [0.25, 0.3) is 15.9 Å². The monoisotopic (exact) mass is 476 g/mol. The first-order valence-electron chi connectivity index (χ1n) is 10.6. The van der Waals surface area contributed by atoms with Gasteiger partial charge in [0.05, 0.1) is 10.6 Å². The number of aryl methyl sites for hydroxylation is 2. The quantitative estimate of drug-likeness (QED) is 0.443. The molecule has 1 amide bonds. The number of aromatic amines is 1. The first-order chi connectivity index (χ1) is 16.2. The summed E-state index contributed by atoms with van der Waals surface area (Å²) in [7, 11) is -2.46. The van der Waals surface area contributed by atoms with Crippen LogP contribution in [0.25, 0.3) is 10.9 Å². The molecule has 4 aromatic rings. The highest BCUT2D eigenvalue weighted by Gasteiger charge is 2.25. The van der Waals surface area contributed by atoms with Crippen LogP contribution >= 0.6 is 0 Å². The Bertz CT molecular complexity index is 1530. The van der Waals surface area contributed by atoms with Crippen molar-refractivity contribution in [2.24, 2.45) is 0 Å². The van der Waals surface area contributed by atoms with Crippen LogP contribution in [-0.2, 0) is 16.6 Å². The first kappa shape index (κ1) is 23.2. The van der Waals surface area contributed by atoms with Crippen LogP contribution in [0.3, 0.4) is 0 Å². The molecule has 0 saturated carbocycles. The number of rotatable bonds is 6. The Morgan fingerprint density at radius 2 is 1.82 bits per heavy atom. The fourth-order valence-corrected chi connectivity index (χ4v) is 5.24. The molecular weight excluding hydrogens is 452 g/mol. The van der Waals surface area contributed by atoms with E-state index in [1.165, 1.54) is 35.7 Å². The Morgan fingerprint density at radius 1 is 1.09 bits per heavy atom. The molecule has 174 valence electrons. The molecule has 4 rings (SSSR count). The number of carbonyl (C=O) groups excluding carboxylic acids is 1. The zero-order chi connectivity index (χ0) is 24.5. The van der Waals surface area contributed by atoms with E-state index in [9.17, 15) is 18.0 Å². The van der Waals surface area contributed by atoms with Crippen molar-refractivity contribution in [3.8, 4) is 0 Å². The Balaban J connectivity index is 1.70. The number of hydrogen-bond acceptors (Lipinski definition) is 5. The molecule has 0 radical (unpaired) electrons. The van der Waals surface area contributed by atoms with Crippen LogP contribution in [-0.4, -0.2) is 31.3 Å². The zero-order valence-corrected chi connectivity index (χ0v) is 19.8. The van der Waals surface area contributed by atoms with Gasteiger partial charge in [-0.2, -0.15) is 0 Å². The van der Waals surface area contributed by atoms with Crippen LogP contribution in [0.2, 0.25) is 0 Å². The number of H-pyrrole nitrogens is 1. The lowest BCUT2D eigenvalue weighted by molar-refractivity contribution is 0.0949. The fraction of sp³-hybridized carbons (Fsp3) is 0.160. The minimum Gasteiger partial charge on any atom is -0.360 e. The van der Waals surface area contributed by atoms with Crippen molar-refractivity contribution in [2.75, 3.05) is 11.4 Å². The van der Waals surface area contributed by atoms with E-state index in [4.69, 9.17) is 0 Å². The van der Waals surface area contributed by atoms with Gasteiger partial charge < -0.3 is 10.3 Å². The van der Waals surface area contributed by atoms with Crippen molar-refractivity contribution in [1.29, 1.82) is 0 Å². The van der Waals surface area contributed by atoms with Gasteiger partial charge in [-0.15, -0.1) is 0 Å². The van der Waals surface area contributed by atoms with Gasteiger partial charge in [-0.1, -0.05) is 24.3 Å². The number of pyridine rings is 2. The van der Waals surface area contributed by atoms with Crippen LogP contribution < -0.4 is 15.1 Å². The normalized spacial score (nSPS) is 11.4. The Kier molecular flexibility index (Phi) is 6.21. The summed E-state index contributed by atoms with van der Waals surface area (Å²) < 4.78 is 28.0. The zero-order valence-electron chi connectivity index (χ0n) is 19.0. The number of nitrogens with one attached hydrogen (secondary N) is 2. The average molecular weight is 477 g/mol. The highest BCUT2D eigenvalue weighted by atomic mass is 32.2.